The molecule has 0 spiro atoms. The van der Waals surface area contributed by atoms with Gasteiger partial charge in [-0.05, 0) is 55.4 Å². The predicted molar refractivity (Wildman–Crippen MR) is 129 cm³/mol. The largest absolute Gasteiger partial charge is 0.394 e. The highest BCUT2D eigenvalue weighted by Crippen LogP contribution is 2.04. The molecule has 0 unspecified atom stereocenters. The first-order chi connectivity index (χ1) is 13.9. The average molecular weight is 471 g/mol. The molecule has 31 heavy (non-hydrogen) atoms. The molecule has 0 aliphatic rings. The molecule has 10 N–H and O–H groups in total. The van der Waals surface area contributed by atoms with E-state index in [0.717, 1.165) is 13.1 Å². The molecule has 0 aliphatic heterocycles. The van der Waals surface area contributed by atoms with Crippen LogP contribution in [-0.2, 0) is 10.4 Å². The van der Waals surface area contributed by atoms with Gasteiger partial charge in [0.1, 0.15) is 0 Å². The van der Waals surface area contributed by atoms with Gasteiger partial charge in [-0.15, -0.1) is 0 Å². The lowest BCUT2D eigenvalue weighted by atomic mass is 10.2. The Bertz CT molecular complexity index is 538. The Kier molecular flexibility index (Phi) is 19.7. The standard InChI is InChI=1S/2C9H22N4.H2O4S/c2*1-7(2)13(8(3)4)6-5-12-9(10)11;1-5(2,3)4/h2*7-8H,5-6H2,1-4H3,(H4,10,11,12);(H2,1,2,3,4). The number of hydrogen-bond donors (Lipinski definition) is 6. The minimum absolute atomic E-state index is 0.174. The fourth-order valence-electron chi connectivity index (χ4n) is 2.81. The van der Waals surface area contributed by atoms with Crippen LogP contribution in [0, 0.1) is 0 Å². The zero-order valence-electron chi connectivity index (χ0n) is 20.4. The summed E-state index contributed by atoms with van der Waals surface area (Å²) in [6.45, 7) is 20.6. The zero-order valence-corrected chi connectivity index (χ0v) is 21.2. The molecule has 0 rings (SSSR count). The lowest BCUT2D eigenvalue weighted by Gasteiger charge is -2.29. The molecular formula is C18H46N8O4S. The maximum atomic E-state index is 8.74. The molecule has 0 aromatic carbocycles. The highest BCUT2D eigenvalue weighted by atomic mass is 32.3. The maximum Gasteiger partial charge on any atom is 0.394 e. The predicted octanol–water partition coefficient (Wildman–Crippen LogP) is 0.104. The minimum atomic E-state index is -4.67. The van der Waals surface area contributed by atoms with Gasteiger partial charge in [0.05, 0.1) is 13.1 Å². The third kappa shape index (κ3) is 28.3. The van der Waals surface area contributed by atoms with Crippen molar-refractivity contribution >= 4 is 22.3 Å². The third-order valence-electron chi connectivity index (χ3n) is 3.96. The number of guanidine groups is 2. The number of aliphatic imine (C=N–C) groups is 2. The fraction of sp³-hybridized carbons (Fsp3) is 0.889. The first kappa shape index (κ1) is 34.0. The van der Waals surface area contributed by atoms with Crippen LogP contribution in [0.1, 0.15) is 55.4 Å². The summed E-state index contributed by atoms with van der Waals surface area (Å²) >= 11 is 0. The second-order valence-corrected chi connectivity index (χ2v) is 8.81. The molecular weight excluding hydrogens is 424 g/mol. The molecule has 0 saturated heterocycles. The Morgan fingerprint density at radius 2 is 0.871 bits per heavy atom. The molecule has 0 aliphatic carbocycles. The number of hydrogen-bond acceptors (Lipinski definition) is 6. The lowest BCUT2D eigenvalue weighted by Crippen LogP contribution is -2.39. The van der Waals surface area contributed by atoms with E-state index < -0.39 is 10.4 Å². The summed E-state index contributed by atoms with van der Waals surface area (Å²) in [5.74, 6) is 0.347. The number of nitrogens with two attached hydrogens (primary N) is 4. The quantitative estimate of drug-likeness (QED) is 0.144. The van der Waals surface area contributed by atoms with Gasteiger partial charge in [0.15, 0.2) is 11.9 Å². The van der Waals surface area contributed by atoms with Gasteiger partial charge in [0.2, 0.25) is 0 Å². The van der Waals surface area contributed by atoms with Crippen LogP contribution < -0.4 is 22.9 Å². The summed E-state index contributed by atoms with van der Waals surface area (Å²) < 4.78 is 31.6. The highest BCUT2D eigenvalue weighted by Gasteiger charge is 2.12. The second kappa shape index (κ2) is 18.0. The van der Waals surface area contributed by atoms with Crippen LogP contribution in [0.2, 0.25) is 0 Å². The highest BCUT2D eigenvalue weighted by molar-refractivity contribution is 7.79. The Labute approximate surface area is 188 Å². The van der Waals surface area contributed by atoms with E-state index in [0.29, 0.717) is 37.3 Å². The molecule has 0 heterocycles. The van der Waals surface area contributed by atoms with E-state index in [1.165, 1.54) is 0 Å². The van der Waals surface area contributed by atoms with Gasteiger partial charge in [-0.2, -0.15) is 8.42 Å². The van der Waals surface area contributed by atoms with E-state index >= 15 is 0 Å². The van der Waals surface area contributed by atoms with Crippen LogP contribution in [0.15, 0.2) is 9.98 Å². The Morgan fingerprint density at radius 3 is 1.00 bits per heavy atom. The first-order valence-electron chi connectivity index (χ1n) is 10.2. The summed E-state index contributed by atoms with van der Waals surface area (Å²) in [5.41, 5.74) is 21.0. The van der Waals surface area contributed by atoms with Gasteiger partial charge in [-0.3, -0.25) is 28.9 Å². The van der Waals surface area contributed by atoms with E-state index in [1.807, 2.05) is 0 Å². The molecule has 0 saturated carbocycles. The SMILES string of the molecule is CC(C)N(CCN=C(N)N)C(C)C.CC(C)N(CCN=C(N)N)C(C)C.O=S(=O)(O)O. The molecule has 0 atom stereocenters. The van der Waals surface area contributed by atoms with Crippen molar-refractivity contribution in [1.29, 1.82) is 0 Å². The molecule has 13 heteroatoms. The van der Waals surface area contributed by atoms with Gasteiger partial charge in [-0.1, -0.05) is 0 Å². The molecule has 12 nitrogen and oxygen atoms in total. The van der Waals surface area contributed by atoms with E-state index in [4.69, 9.17) is 40.5 Å². The van der Waals surface area contributed by atoms with E-state index in [2.05, 4.69) is 75.2 Å². The van der Waals surface area contributed by atoms with Crippen molar-refractivity contribution in [2.45, 2.75) is 79.6 Å². The van der Waals surface area contributed by atoms with Crippen LogP contribution in [0.3, 0.4) is 0 Å². The van der Waals surface area contributed by atoms with Gasteiger partial charge in [0.25, 0.3) is 0 Å². The average Bonchev–Trinajstić information content (AvgIpc) is 2.52. The van der Waals surface area contributed by atoms with Gasteiger partial charge < -0.3 is 22.9 Å². The van der Waals surface area contributed by atoms with Gasteiger partial charge in [0, 0.05) is 37.3 Å². The smallest absolute Gasteiger partial charge is 0.370 e. The Morgan fingerprint density at radius 1 is 0.677 bits per heavy atom. The Hall–Kier alpha value is -1.67. The van der Waals surface area contributed by atoms with E-state index in [9.17, 15) is 0 Å². The summed E-state index contributed by atoms with van der Waals surface area (Å²) in [6.07, 6.45) is 0. The van der Waals surface area contributed by atoms with Crippen LogP contribution >= 0.6 is 0 Å². The first-order valence-corrected chi connectivity index (χ1v) is 11.6. The summed E-state index contributed by atoms with van der Waals surface area (Å²) in [5, 5.41) is 0. The summed E-state index contributed by atoms with van der Waals surface area (Å²) in [6, 6.07) is 2.15. The van der Waals surface area contributed by atoms with Crippen molar-refractivity contribution in [2.24, 2.45) is 32.9 Å². The van der Waals surface area contributed by atoms with Crippen molar-refractivity contribution in [3.8, 4) is 0 Å². The van der Waals surface area contributed by atoms with Crippen molar-refractivity contribution < 1.29 is 17.5 Å². The molecule has 0 fully saturated rings. The van der Waals surface area contributed by atoms with Crippen molar-refractivity contribution in [3.05, 3.63) is 0 Å². The molecule has 0 amide bonds. The van der Waals surface area contributed by atoms with Crippen LogP contribution in [0.4, 0.5) is 0 Å². The monoisotopic (exact) mass is 470 g/mol. The maximum absolute atomic E-state index is 8.74. The third-order valence-corrected chi connectivity index (χ3v) is 3.96. The number of nitrogens with zero attached hydrogens (tertiary/aromatic N) is 4. The minimum Gasteiger partial charge on any atom is -0.370 e. The normalized spacial score (nSPS) is 11.4. The molecule has 0 radical (unpaired) electrons. The van der Waals surface area contributed by atoms with Crippen molar-refractivity contribution in [1.82, 2.24) is 9.80 Å². The molecule has 0 aromatic heterocycles. The molecule has 188 valence electrons. The van der Waals surface area contributed by atoms with Crippen LogP contribution in [0.5, 0.6) is 0 Å². The van der Waals surface area contributed by atoms with E-state index in [1.54, 1.807) is 0 Å². The zero-order chi connectivity index (χ0) is 25.4. The van der Waals surface area contributed by atoms with Gasteiger partial charge >= 0.3 is 10.4 Å². The van der Waals surface area contributed by atoms with E-state index in [-0.39, 0.29) is 11.9 Å². The molecule has 0 aromatic rings. The van der Waals surface area contributed by atoms with Gasteiger partial charge in [-0.25, -0.2) is 0 Å². The topological polar surface area (TPSA) is 210 Å². The lowest BCUT2D eigenvalue weighted by molar-refractivity contribution is 0.181. The molecule has 0 bridgehead atoms. The van der Waals surface area contributed by atoms with Crippen molar-refractivity contribution in [2.75, 3.05) is 26.2 Å². The van der Waals surface area contributed by atoms with Crippen LogP contribution in [0.25, 0.3) is 0 Å². The fourth-order valence-corrected chi connectivity index (χ4v) is 2.81. The Balaban J connectivity index is -0.000000416. The summed E-state index contributed by atoms with van der Waals surface area (Å²) in [7, 11) is -4.67. The number of rotatable bonds is 10. The second-order valence-electron chi connectivity index (χ2n) is 7.91. The van der Waals surface area contributed by atoms with Crippen LogP contribution in [-0.4, -0.2) is 89.6 Å². The summed E-state index contributed by atoms with van der Waals surface area (Å²) in [4.78, 5) is 12.6. The van der Waals surface area contributed by atoms with Crippen molar-refractivity contribution in [3.63, 3.8) is 0 Å².